The molecule has 0 unspecified atom stereocenters. The normalized spacial score (nSPS) is 11.3. The summed E-state index contributed by atoms with van der Waals surface area (Å²) >= 11 is 0. The Morgan fingerprint density at radius 1 is 0.825 bits per heavy atom. The van der Waals surface area contributed by atoms with E-state index in [1.807, 2.05) is 30.3 Å². The summed E-state index contributed by atoms with van der Waals surface area (Å²) in [7, 11) is 1.28. The van der Waals surface area contributed by atoms with E-state index in [9.17, 15) is 22.8 Å². The second-order valence-electron chi connectivity index (χ2n) is 8.71. The molecular weight excluding hydrogens is 525 g/mol. The van der Waals surface area contributed by atoms with E-state index in [0.29, 0.717) is 11.1 Å². The van der Waals surface area contributed by atoms with Crippen molar-refractivity contribution in [1.29, 1.82) is 0 Å². The van der Waals surface area contributed by atoms with Crippen molar-refractivity contribution in [3.8, 4) is 28.4 Å². The number of hydrogen-bond donors (Lipinski definition) is 0. The van der Waals surface area contributed by atoms with Gasteiger partial charge in [0.1, 0.15) is 23.7 Å². The molecule has 0 saturated heterocycles. The van der Waals surface area contributed by atoms with Crippen molar-refractivity contribution in [2.75, 3.05) is 7.11 Å². The first-order chi connectivity index (χ1) is 19.2. The molecule has 0 aliphatic rings. The van der Waals surface area contributed by atoms with Crippen molar-refractivity contribution in [2.24, 2.45) is 0 Å². The standard InChI is InChI=1S/C31H21F3O6/c1-37-30(36)22-9-7-19(8-10-22)18-38-24-15-16-25-26(17-24)40-29(31(32,33)34)28(27(25)35)39-23-13-11-21(12-14-23)20-5-3-2-4-6-20/h2-17H,18H2,1H3. The fraction of sp³-hybridized carbons (Fsp3) is 0.0968. The molecule has 0 N–H and O–H groups in total. The van der Waals surface area contributed by atoms with Gasteiger partial charge in [-0.15, -0.1) is 0 Å². The molecule has 6 nitrogen and oxygen atoms in total. The third kappa shape index (κ3) is 5.68. The van der Waals surface area contributed by atoms with Gasteiger partial charge in [-0.1, -0.05) is 54.6 Å². The van der Waals surface area contributed by atoms with Crippen LogP contribution in [-0.2, 0) is 17.5 Å². The quantitative estimate of drug-likeness (QED) is 0.195. The lowest BCUT2D eigenvalue weighted by Gasteiger charge is -2.14. The van der Waals surface area contributed by atoms with Crippen LogP contribution >= 0.6 is 0 Å². The highest BCUT2D eigenvalue weighted by atomic mass is 19.4. The second kappa shape index (κ2) is 11.0. The number of hydrogen-bond acceptors (Lipinski definition) is 6. The van der Waals surface area contributed by atoms with Crippen molar-refractivity contribution in [2.45, 2.75) is 12.8 Å². The molecule has 202 valence electrons. The number of rotatable bonds is 7. The number of carbonyl (C=O) groups is 1. The Balaban J connectivity index is 1.41. The van der Waals surface area contributed by atoms with E-state index in [4.69, 9.17) is 13.9 Å². The Morgan fingerprint density at radius 2 is 1.48 bits per heavy atom. The predicted molar refractivity (Wildman–Crippen MR) is 142 cm³/mol. The summed E-state index contributed by atoms with van der Waals surface area (Å²) in [5, 5.41) is -0.0984. The molecule has 0 aliphatic heterocycles. The van der Waals surface area contributed by atoms with Crippen LogP contribution < -0.4 is 14.9 Å². The summed E-state index contributed by atoms with van der Waals surface area (Å²) in [6, 6.07) is 26.2. The van der Waals surface area contributed by atoms with Gasteiger partial charge in [-0.2, -0.15) is 13.2 Å². The van der Waals surface area contributed by atoms with Gasteiger partial charge in [0.2, 0.25) is 11.2 Å². The average Bonchev–Trinajstić information content (AvgIpc) is 2.97. The fourth-order valence-electron chi connectivity index (χ4n) is 4.01. The van der Waals surface area contributed by atoms with E-state index < -0.39 is 29.1 Å². The SMILES string of the molecule is COC(=O)c1ccc(COc2ccc3c(=O)c(Oc4ccc(-c5ccccc5)cc4)c(C(F)(F)F)oc3c2)cc1. The molecule has 5 rings (SSSR count). The summed E-state index contributed by atoms with van der Waals surface area (Å²) in [6.45, 7) is 0.0590. The van der Waals surface area contributed by atoms with Crippen molar-refractivity contribution in [3.63, 3.8) is 0 Å². The minimum atomic E-state index is -5.00. The van der Waals surface area contributed by atoms with E-state index in [1.54, 1.807) is 36.4 Å². The molecule has 0 radical (unpaired) electrons. The monoisotopic (exact) mass is 546 g/mol. The van der Waals surface area contributed by atoms with Crippen molar-refractivity contribution in [3.05, 3.63) is 124 Å². The number of benzene rings is 4. The lowest BCUT2D eigenvalue weighted by molar-refractivity contribution is -0.154. The summed E-state index contributed by atoms with van der Waals surface area (Å²) in [6.07, 6.45) is -5.00. The Morgan fingerprint density at radius 3 is 2.12 bits per heavy atom. The van der Waals surface area contributed by atoms with Crippen LogP contribution in [0.2, 0.25) is 0 Å². The smallest absolute Gasteiger partial charge is 0.453 e. The van der Waals surface area contributed by atoms with Gasteiger partial charge in [-0.3, -0.25) is 4.79 Å². The van der Waals surface area contributed by atoms with E-state index in [-0.39, 0.29) is 29.1 Å². The summed E-state index contributed by atoms with van der Waals surface area (Å²) < 4.78 is 62.8. The maximum Gasteiger partial charge on any atom is 0.453 e. The van der Waals surface area contributed by atoms with Crippen LogP contribution in [0.25, 0.3) is 22.1 Å². The zero-order chi connectivity index (χ0) is 28.3. The zero-order valence-electron chi connectivity index (χ0n) is 21.0. The minimum absolute atomic E-state index is 0.0509. The Kier molecular flexibility index (Phi) is 7.29. The molecule has 1 heterocycles. The Hall–Kier alpha value is -5.05. The van der Waals surface area contributed by atoms with Gasteiger partial charge in [-0.05, 0) is 53.1 Å². The fourth-order valence-corrected chi connectivity index (χ4v) is 4.01. The number of ether oxygens (including phenoxy) is 3. The lowest BCUT2D eigenvalue weighted by atomic mass is 10.1. The number of esters is 1. The maximum atomic E-state index is 14.0. The van der Waals surface area contributed by atoms with E-state index >= 15 is 0 Å². The number of alkyl halides is 3. The second-order valence-corrected chi connectivity index (χ2v) is 8.71. The van der Waals surface area contributed by atoms with E-state index in [1.165, 1.54) is 37.4 Å². The van der Waals surface area contributed by atoms with Gasteiger partial charge in [-0.25, -0.2) is 4.79 Å². The minimum Gasteiger partial charge on any atom is -0.489 e. The molecule has 4 aromatic carbocycles. The zero-order valence-corrected chi connectivity index (χ0v) is 21.0. The third-order valence-corrected chi connectivity index (χ3v) is 6.04. The Bertz CT molecular complexity index is 1710. The van der Waals surface area contributed by atoms with Gasteiger partial charge >= 0.3 is 12.1 Å². The third-order valence-electron chi connectivity index (χ3n) is 6.04. The molecular formula is C31H21F3O6. The van der Waals surface area contributed by atoms with Crippen LogP contribution in [0.1, 0.15) is 21.7 Å². The largest absolute Gasteiger partial charge is 0.489 e. The Labute approximate surface area is 226 Å². The van der Waals surface area contributed by atoms with Crippen LogP contribution in [0.5, 0.6) is 17.2 Å². The molecule has 0 aliphatic carbocycles. The lowest BCUT2D eigenvalue weighted by Crippen LogP contribution is -2.15. The van der Waals surface area contributed by atoms with Crippen molar-refractivity contribution in [1.82, 2.24) is 0 Å². The van der Waals surface area contributed by atoms with Crippen molar-refractivity contribution < 1.29 is 36.6 Å². The topological polar surface area (TPSA) is 75.0 Å². The van der Waals surface area contributed by atoms with Crippen molar-refractivity contribution >= 4 is 16.9 Å². The maximum absolute atomic E-state index is 14.0. The molecule has 9 heteroatoms. The average molecular weight is 546 g/mol. The number of methoxy groups -OCH3 is 1. The van der Waals surface area contributed by atoms with Crippen LogP contribution in [-0.4, -0.2) is 13.1 Å². The highest BCUT2D eigenvalue weighted by Gasteiger charge is 2.40. The highest BCUT2D eigenvalue weighted by molar-refractivity contribution is 5.89. The van der Waals surface area contributed by atoms with Gasteiger partial charge < -0.3 is 18.6 Å². The molecule has 0 bridgehead atoms. The first kappa shape index (κ1) is 26.6. The number of fused-ring (bicyclic) bond motifs is 1. The number of halogens is 3. The van der Waals surface area contributed by atoms with Gasteiger partial charge in [0, 0.05) is 6.07 Å². The van der Waals surface area contributed by atoms with Crippen LogP contribution in [0.3, 0.4) is 0 Å². The molecule has 5 aromatic rings. The van der Waals surface area contributed by atoms with Gasteiger partial charge in [0.15, 0.2) is 0 Å². The first-order valence-electron chi connectivity index (χ1n) is 12.0. The molecule has 40 heavy (non-hydrogen) atoms. The van der Waals surface area contributed by atoms with Crippen LogP contribution in [0, 0.1) is 0 Å². The van der Waals surface area contributed by atoms with E-state index in [2.05, 4.69) is 4.74 Å². The molecule has 0 amide bonds. The molecule has 0 spiro atoms. The summed E-state index contributed by atoms with van der Waals surface area (Å²) in [5.41, 5.74) is 1.55. The van der Waals surface area contributed by atoms with Gasteiger partial charge in [0.25, 0.3) is 5.76 Å². The predicted octanol–water partition coefficient (Wildman–Crippen LogP) is 7.64. The molecule has 0 atom stereocenters. The summed E-state index contributed by atoms with van der Waals surface area (Å²) in [4.78, 5) is 24.7. The van der Waals surface area contributed by atoms with Crippen LogP contribution in [0.4, 0.5) is 13.2 Å². The van der Waals surface area contributed by atoms with Gasteiger partial charge in [0.05, 0.1) is 18.1 Å². The summed E-state index contributed by atoms with van der Waals surface area (Å²) in [5.74, 6) is -2.74. The number of carbonyl (C=O) groups excluding carboxylic acids is 1. The molecule has 0 fully saturated rings. The first-order valence-corrected chi connectivity index (χ1v) is 12.0. The molecule has 1 aromatic heterocycles. The molecule has 0 saturated carbocycles. The van der Waals surface area contributed by atoms with E-state index in [0.717, 1.165) is 11.1 Å². The van der Waals surface area contributed by atoms with Crippen LogP contribution in [0.15, 0.2) is 106 Å². The highest BCUT2D eigenvalue weighted by Crippen LogP contribution is 2.39.